The molecular weight excluding hydrogens is 356 g/mol. The highest BCUT2D eigenvalue weighted by Crippen LogP contribution is 2.41. The van der Waals surface area contributed by atoms with Crippen molar-refractivity contribution in [1.82, 2.24) is 19.4 Å². The van der Waals surface area contributed by atoms with Gasteiger partial charge < -0.3 is 5.32 Å². The average molecular weight is 378 g/mol. The fraction of sp³-hybridized carbons (Fsp3) is 0.333. The molecule has 1 amide bonds. The SMILES string of the molecule is Cc1ccc([C@H](NC(=O)c2cnc3c(c2)c(=O)n(C)c(=O)n3C)C2CC2)cc1. The number of hydrogen-bond acceptors (Lipinski definition) is 4. The van der Waals surface area contributed by atoms with E-state index >= 15 is 0 Å². The van der Waals surface area contributed by atoms with Crippen molar-refractivity contribution < 1.29 is 4.79 Å². The first-order valence-corrected chi connectivity index (χ1v) is 9.30. The number of aromatic nitrogens is 3. The lowest BCUT2D eigenvalue weighted by Gasteiger charge is -2.19. The van der Waals surface area contributed by atoms with Crippen LogP contribution in [0.25, 0.3) is 11.0 Å². The second kappa shape index (κ2) is 6.74. The number of hydrogen-bond donors (Lipinski definition) is 1. The molecule has 4 rings (SSSR count). The summed E-state index contributed by atoms with van der Waals surface area (Å²) in [4.78, 5) is 41.6. The monoisotopic (exact) mass is 378 g/mol. The Bertz CT molecular complexity index is 1190. The number of pyridine rings is 1. The Kier molecular flexibility index (Phi) is 4.37. The van der Waals surface area contributed by atoms with Gasteiger partial charge in [0.25, 0.3) is 11.5 Å². The lowest BCUT2D eigenvalue weighted by molar-refractivity contribution is 0.0931. The standard InChI is InChI=1S/C21H22N4O3/c1-12-4-6-13(7-5-12)17(14-8-9-14)23-19(26)15-10-16-18(22-11-15)24(2)21(28)25(3)20(16)27/h4-7,10-11,14,17H,8-9H2,1-3H3,(H,23,26)/t17-/m0/s1. The van der Waals surface area contributed by atoms with Gasteiger partial charge in [-0.15, -0.1) is 0 Å². The predicted molar refractivity (Wildman–Crippen MR) is 106 cm³/mol. The molecule has 0 unspecified atom stereocenters. The maximum Gasteiger partial charge on any atom is 0.332 e. The molecule has 0 bridgehead atoms. The molecule has 7 nitrogen and oxygen atoms in total. The van der Waals surface area contributed by atoms with Gasteiger partial charge in [0, 0.05) is 20.3 Å². The van der Waals surface area contributed by atoms with Gasteiger partial charge in [-0.25, -0.2) is 9.78 Å². The molecule has 0 radical (unpaired) electrons. The number of nitrogens with zero attached hydrogens (tertiary/aromatic N) is 3. The molecule has 3 aromatic rings. The minimum atomic E-state index is -0.461. The van der Waals surface area contributed by atoms with Crippen LogP contribution in [-0.4, -0.2) is 20.0 Å². The third-order valence-electron chi connectivity index (χ3n) is 5.37. The fourth-order valence-electron chi connectivity index (χ4n) is 3.49. The molecule has 2 aromatic heterocycles. The van der Waals surface area contributed by atoms with Gasteiger partial charge in [-0.05, 0) is 37.3 Å². The van der Waals surface area contributed by atoms with Crippen molar-refractivity contribution in [3.63, 3.8) is 0 Å². The zero-order valence-electron chi connectivity index (χ0n) is 16.1. The van der Waals surface area contributed by atoms with E-state index < -0.39 is 11.2 Å². The summed E-state index contributed by atoms with van der Waals surface area (Å²) < 4.78 is 2.32. The maximum absolute atomic E-state index is 12.9. The number of rotatable bonds is 4. The topological polar surface area (TPSA) is 86.0 Å². The zero-order chi connectivity index (χ0) is 20.0. The predicted octanol–water partition coefficient (Wildman–Crippen LogP) is 1.82. The summed E-state index contributed by atoms with van der Waals surface area (Å²) >= 11 is 0. The van der Waals surface area contributed by atoms with Crippen molar-refractivity contribution in [1.29, 1.82) is 0 Å². The van der Waals surface area contributed by atoms with Crippen molar-refractivity contribution in [2.45, 2.75) is 25.8 Å². The molecule has 1 aliphatic carbocycles. The van der Waals surface area contributed by atoms with Crippen molar-refractivity contribution in [3.05, 3.63) is 74.1 Å². The van der Waals surface area contributed by atoms with E-state index in [4.69, 9.17) is 0 Å². The third kappa shape index (κ3) is 3.13. The summed E-state index contributed by atoms with van der Waals surface area (Å²) in [6, 6.07) is 9.62. The molecule has 0 spiro atoms. The van der Waals surface area contributed by atoms with E-state index in [9.17, 15) is 14.4 Å². The molecule has 1 aliphatic rings. The van der Waals surface area contributed by atoms with Crippen LogP contribution in [0.4, 0.5) is 0 Å². The van der Waals surface area contributed by atoms with E-state index in [1.165, 1.54) is 29.4 Å². The van der Waals surface area contributed by atoms with Gasteiger partial charge in [0.15, 0.2) is 0 Å². The van der Waals surface area contributed by atoms with Crippen molar-refractivity contribution in [3.8, 4) is 0 Å². The molecule has 1 aromatic carbocycles. The van der Waals surface area contributed by atoms with Gasteiger partial charge in [0.05, 0.1) is 17.0 Å². The van der Waals surface area contributed by atoms with Crippen LogP contribution < -0.4 is 16.6 Å². The first-order chi connectivity index (χ1) is 13.4. The molecule has 1 atom stereocenters. The molecule has 144 valence electrons. The molecule has 2 heterocycles. The van der Waals surface area contributed by atoms with E-state index in [0.29, 0.717) is 11.5 Å². The first kappa shape index (κ1) is 18.2. The normalized spacial score (nSPS) is 14.8. The van der Waals surface area contributed by atoms with Gasteiger partial charge in [-0.2, -0.15) is 0 Å². The maximum atomic E-state index is 12.9. The minimum Gasteiger partial charge on any atom is -0.345 e. The van der Waals surface area contributed by atoms with Crippen LogP contribution in [0.3, 0.4) is 0 Å². The van der Waals surface area contributed by atoms with Crippen molar-refractivity contribution in [2.75, 3.05) is 0 Å². The van der Waals surface area contributed by atoms with Gasteiger partial charge in [-0.1, -0.05) is 29.8 Å². The Balaban J connectivity index is 1.69. The van der Waals surface area contributed by atoms with Gasteiger partial charge in [0.1, 0.15) is 5.65 Å². The number of carbonyl (C=O) groups is 1. The molecule has 1 saturated carbocycles. The Morgan fingerprint density at radius 3 is 2.46 bits per heavy atom. The summed E-state index contributed by atoms with van der Waals surface area (Å²) in [5.41, 5.74) is 1.91. The summed E-state index contributed by atoms with van der Waals surface area (Å²) in [5, 5.41) is 3.35. The lowest BCUT2D eigenvalue weighted by atomic mass is 10.0. The van der Waals surface area contributed by atoms with Crippen LogP contribution in [0.1, 0.15) is 40.4 Å². The smallest absolute Gasteiger partial charge is 0.332 e. The number of nitrogens with one attached hydrogen (secondary N) is 1. The van der Waals surface area contributed by atoms with E-state index in [-0.39, 0.29) is 23.0 Å². The number of fused-ring (bicyclic) bond motifs is 1. The highest BCUT2D eigenvalue weighted by Gasteiger charge is 2.33. The van der Waals surface area contributed by atoms with Crippen LogP contribution in [0.15, 0.2) is 46.1 Å². The van der Waals surface area contributed by atoms with Gasteiger partial charge in [-0.3, -0.25) is 18.7 Å². The largest absolute Gasteiger partial charge is 0.345 e. The molecule has 28 heavy (non-hydrogen) atoms. The summed E-state index contributed by atoms with van der Waals surface area (Å²) in [6.45, 7) is 2.03. The number of aryl methyl sites for hydroxylation is 2. The fourth-order valence-corrected chi connectivity index (χ4v) is 3.49. The van der Waals surface area contributed by atoms with Gasteiger partial charge >= 0.3 is 5.69 Å². The van der Waals surface area contributed by atoms with Crippen molar-refractivity contribution in [2.24, 2.45) is 20.0 Å². The van der Waals surface area contributed by atoms with E-state index in [0.717, 1.165) is 23.0 Å². The summed E-state index contributed by atoms with van der Waals surface area (Å²) in [6.07, 6.45) is 3.57. The second-order valence-corrected chi connectivity index (χ2v) is 7.50. The van der Waals surface area contributed by atoms with Crippen LogP contribution in [-0.2, 0) is 14.1 Å². The molecule has 7 heteroatoms. The van der Waals surface area contributed by atoms with Crippen LogP contribution >= 0.6 is 0 Å². The number of carbonyl (C=O) groups excluding carboxylic acids is 1. The van der Waals surface area contributed by atoms with Gasteiger partial charge in [0.2, 0.25) is 0 Å². The number of benzene rings is 1. The van der Waals surface area contributed by atoms with E-state index in [1.807, 2.05) is 31.2 Å². The highest BCUT2D eigenvalue weighted by molar-refractivity contribution is 5.97. The Labute approximate surface area is 161 Å². The van der Waals surface area contributed by atoms with Crippen molar-refractivity contribution >= 4 is 16.9 Å². The molecule has 1 N–H and O–H groups in total. The Morgan fingerprint density at radius 2 is 1.82 bits per heavy atom. The van der Waals surface area contributed by atoms with Crippen LogP contribution in [0.5, 0.6) is 0 Å². The lowest BCUT2D eigenvalue weighted by Crippen LogP contribution is -2.37. The highest BCUT2D eigenvalue weighted by atomic mass is 16.2. The quantitative estimate of drug-likeness (QED) is 0.750. The van der Waals surface area contributed by atoms with Crippen LogP contribution in [0.2, 0.25) is 0 Å². The molecule has 0 saturated heterocycles. The third-order valence-corrected chi connectivity index (χ3v) is 5.37. The molecule has 0 aliphatic heterocycles. The molecule has 1 fully saturated rings. The Morgan fingerprint density at radius 1 is 1.14 bits per heavy atom. The zero-order valence-corrected chi connectivity index (χ0v) is 16.1. The van der Waals surface area contributed by atoms with E-state index in [1.54, 1.807) is 7.05 Å². The summed E-state index contributed by atoms with van der Waals surface area (Å²) in [7, 11) is 2.97. The number of amides is 1. The average Bonchev–Trinajstić information content (AvgIpc) is 3.54. The molecular formula is C21H22N4O3. The first-order valence-electron chi connectivity index (χ1n) is 9.30. The van der Waals surface area contributed by atoms with Crippen LogP contribution in [0, 0.1) is 12.8 Å². The Hall–Kier alpha value is -3.22. The minimum absolute atomic E-state index is 0.0632. The second-order valence-electron chi connectivity index (χ2n) is 7.50. The van der Waals surface area contributed by atoms with E-state index in [2.05, 4.69) is 10.3 Å². The summed E-state index contributed by atoms with van der Waals surface area (Å²) in [5.74, 6) is 0.150.